The molecule has 0 spiro atoms. The Morgan fingerprint density at radius 1 is 1.00 bits per heavy atom. The van der Waals surface area contributed by atoms with E-state index in [1.54, 1.807) is 0 Å². The van der Waals surface area contributed by atoms with Crippen molar-refractivity contribution in [2.45, 2.75) is 66.3 Å². The third-order valence-corrected chi connectivity index (χ3v) is 5.30. The van der Waals surface area contributed by atoms with E-state index < -0.39 is 0 Å². The molecule has 4 nitrogen and oxygen atoms in total. The standard InChI is InChI=1S/C24H32N4.C2H4/c1-5-9-11-21-27-22-23(19(10-6-2)20(8-4)26-24(22)25)28(21)16-18-14-12-17(7-3)13-15-18;1-2/h6,10,12-15H,5,7-9,11,16H2,1-4H3,(H2,25,26);1-2H2/b10-6-;. The first-order valence-corrected chi connectivity index (χ1v) is 11.0. The first-order chi connectivity index (χ1) is 14.6. The van der Waals surface area contributed by atoms with E-state index in [1.807, 2.05) is 6.92 Å². The predicted octanol–water partition coefficient (Wildman–Crippen LogP) is 6.36. The zero-order chi connectivity index (χ0) is 22.1. The molecule has 0 aliphatic heterocycles. The van der Waals surface area contributed by atoms with Crippen LogP contribution < -0.4 is 5.73 Å². The van der Waals surface area contributed by atoms with E-state index in [0.717, 1.165) is 66.8 Å². The minimum absolute atomic E-state index is 0.540. The minimum atomic E-state index is 0.540. The number of allylic oxidation sites excluding steroid dienone is 1. The molecule has 3 aromatic rings. The second-order valence-corrected chi connectivity index (χ2v) is 7.30. The Morgan fingerprint density at radius 3 is 2.23 bits per heavy atom. The SMILES string of the molecule is C/C=C\c1c(CC)nc(N)c2nc(CCCC)n(Cc3ccc(CC)cc3)c12.C=C. The third kappa shape index (κ3) is 4.99. The number of aryl methyl sites for hydroxylation is 3. The molecule has 30 heavy (non-hydrogen) atoms. The number of aromatic nitrogens is 3. The van der Waals surface area contributed by atoms with E-state index in [-0.39, 0.29) is 0 Å². The Labute approximate surface area is 181 Å². The number of imidazole rings is 1. The second kappa shape index (κ2) is 11.3. The van der Waals surface area contributed by atoms with Crippen LogP contribution in [-0.4, -0.2) is 14.5 Å². The van der Waals surface area contributed by atoms with Gasteiger partial charge in [-0.3, -0.25) is 0 Å². The number of nitrogen functional groups attached to an aromatic ring is 1. The number of hydrogen-bond acceptors (Lipinski definition) is 3. The maximum Gasteiger partial charge on any atom is 0.151 e. The Kier molecular flexibility index (Phi) is 8.85. The maximum atomic E-state index is 6.33. The number of unbranched alkanes of at least 4 members (excludes halogenated alkanes) is 1. The van der Waals surface area contributed by atoms with Gasteiger partial charge in [0.2, 0.25) is 0 Å². The summed E-state index contributed by atoms with van der Waals surface area (Å²) in [5, 5.41) is 0. The molecule has 2 aromatic heterocycles. The average molecular weight is 405 g/mol. The molecule has 0 saturated heterocycles. The van der Waals surface area contributed by atoms with Gasteiger partial charge in [-0.1, -0.05) is 63.6 Å². The monoisotopic (exact) mass is 404 g/mol. The zero-order valence-corrected chi connectivity index (χ0v) is 19.0. The van der Waals surface area contributed by atoms with E-state index in [1.165, 1.54) is 11.1 Å². The lowest BCUT2D eigenvalue weighted by Gasteiger charge is -2.13. The minimum Gasteiger partial charge on any atom is -0.382 e. The maximum absolute atomic E-state index is 6.33. The number of fused-ring (bicyclic) bond motifs is 1. The highest BCUT2D eigenvalue weighted by molar-refractivity contribution is 5.93. The summed E-state index contributed by atoms with van der Waals surface area (Å²) >= 11 is 0. The first kappa shape index (κ1) is 23.4. The topological polar surface area (TPSA) is 56.7 Å². The molecular weight excluding hydrogens is 368 g/mol. The van der Waals surface area contributed by atoms with Gasteiger partial charge in [0.05, 0.1) is 11.2 Å². The van der Waals surface area contributed by atoms with Crippen molar-refractivity contribution in [1.29, 1.82) is 0 Å². The van der Waals surface area contributed by atoms with Crippen LogP contribution in [0.1, 0.15) is 68.7 Å². The fourth-order valence-electron chi connectivity index (χ4n) is 3.72. The number of nitrogens with zero attached hydrogens (tertiary/aromatic N) is 3. The Bertz CT molecular complexity index is 981. The van der Waals surface area contributed by atoms with Crippen LogP contribution in [0.3, 0.4) is 0 Å². The van der Waals surface area contributed by atoms with E-state index in [2.05, 4.69) is 79.9 Å². The molecule has 2 N–H and O–H groups in total. The molecule has 0 atom stereocenters. The summed E-state index contributed by atoms with van der Waals surface area (Å²) in [5.41, 5.74) is 13.1. The molecule has 0 saturated carbocycles. The number of benzene rings is 1. The van der Waals surface area contributed by atoms with Gasteiger partial charge < -0.3 is 10.3 Å². The van der Waals surface area contributed by atoms with Gasteiger partial charge in [0.15, 0.2) is 5.82 Å². The molecule has 0 unspecified atom stereocenters. The highest BCUT2D eigenvalue weighted by Crippen LogP contribution is 2.29. The molecule has 0 amide bonds. The molecule has 4 heteroatoms. The van der Waals surface area contributed by atoms with Gasteiger partial charge in [0.25, 0.3) is 0 Å². The molecule has 0 bridgehead atoms. The molecule has 0 radical (unpaired) electrons. The molecule has 0 aliphatic carbocycles. The van der Waals surface area contributed by atoms with Crippen LogP contribution >= 0.6 is 0 Å². The van der Waals surface area contributed by atoms with Crippen molar-refractivity contribution in [2.75, 3.05) is 5.73 Å². The number of anilines is 1. The van der Waals surface area contributed by atoms with Gasteiger partial charge in [-0.05, 0) is 37.3 Å². The second-order valence-electron chi connectivity index (χ2n) is 7.30. The molecular formula is C26H36N4. The fraction of sp³-hybridized carbons (Fsp3) is 0.385. The van der Waals surface area contributed by atoms with Crippen molar-refractivity contribution in [1.82, 2.24) is 14.5 Å². The largest absolute Gasteiger partial charge is 0.382 e. The van der Waals surface area contributed by atoms with Crippen molar-refractivity contribution < 1.29 is 0 Å². The van der Waals surface area contributed by atoms with Crippen molar-refractivity contribution in [3.05, 3.63) is 71.7 Å². The summed E-state index contributed by atoms with van der Waals surface area (Å²) in [7, 11) is 0. The summed E-state index contributed by atoms with van der Waals surface area (Å²) in [6, 6.07) is 8.91. The molecule has 0 fully saturated rings. The van der Waals surface area contributed by atoms with Crippen LogP contribution in [0.4, 0.5) is 5.82 Å². The Balaban J connectivity index is 0.00000155. The Morgan fingerprint density at radius 2 is 1.67 bits per heavy atom. The summed E-state index contributed by atoms with van der Waals surface area (Å²) < 4.78 is 2.36. The van der Waals surface area contributed by atoms with Gasteiger partial charge in [0.1, 0.15) is 11.3 Å². The summed E-state index contributed by atoms with van der Waals surface area (Å²) in [6.07, 6.45) is 9.34. The zero-order valence-electron chi connectivity index (χ0n) is 19.0. The lowest BCUT2D eigenvalue weighted by molar-refractivity contribution is 0.689. The number of pyridine rings is 1. The fourth-order valence-corrected chi connectivity index (χ4v) is 3.72. The third-order valence-electron chi connectivity index (χ3n) is 5.30. The summed E-state index contributed by atoms with van der Waals surface area (Å²) in [5.74, 6) is 1.64. The van der Waals surface area contributed by atoms with Crippen molar-refractivity contribution >= 4 is 22.9 Å². The van der Waals surface area contributed by atoms with Crippen LogP contribution in [0.25, 0.3) is 17.1 Å². The normalized spacial score (nSPS) is 11.1. The van der Waals surface area contributed by atoms with E-state index in [0.29, 0.717) is 5.82 Å². The lowest BCUT2D eigenvalue weighted by atomic mass is 10.1. The van der Waals surface area contributed by atoms with E-state index >= 15 is 0 Å². The summed E-state index contributed by atoms with van der Waals surface area (Å²) in [6.45, 7) is 15.4. The molecule has 3 rings (SSSR count). The predicted molar refractivity (Wildman–Crippen MR) is 131 cm³/mol. The number of rotatable bonds is 8. The highest BCUT2D eigenvalue weighted by atomic mass is 15.1. The number of hydrogen-bond donors (Lipinski definition) is 1. The number of nitrogens with two attached hydrogens (primary N) is 1. The van der Waals surface area contributed by atoms with Crippen molar-refractivity contribution in [2.24, 2.45) is 0 Å². The molecule has 160 valence electrons. The van der Waals surface area contributed by atoms with Crippen molar-refractivity contribution in [3.8, 4) is 0 Å². The van der Waals surface area contributed by atoms with Crippen LogP contribution in [-0.2, 0) is 25.8 Å². The Hall–Kier alpha value is -2.88. The quantitative estimate of drug-likeness (QED) is 0.444. The highest BCUT2D eigenvalue weighted by Gasteiger charge is 2.19. The average Bonchev–Trinajstić information content (AvgIpc) is 3.14. The van der Waals surface area contributed by atoms with Gasteiger partial charge >= 0.3 is 0 Å². The van der Waals surface area contributed by atoms with Crippen molar-refractivity contribution in [3.63, 3.8) is 0 Å². The lowest BCUT2D eigenvalue weighted by Crippen LogP contribution is -2.08. The van der Waals surface area contributed by atoms with Crippen LogP contribution in [0, 0.1) is 0 Å². The molecule has 1 aromatic carbocycles. The van der Waals surface area contributed by atoms with Gasteiger partial charge in [0, 0.05) is 18.5 Å². The van der Waals surface area contributed by atoms with Crippen LogP contribution in [0.2, 0.25) is 0 Å². The summed E-state index contributed by atoms with van der Waals surface area (Å²) in [4.78, 5) is 9.59. The van der Waals surface area contributed by atoms with Gasteiger partial charge in [-0.15, -0.1) is 13.2 Å². The van der Waals surface area contributed by atoms with E-state index in [4.69, 9.17) is 10.7 Å². The van der Waals surface area contributed by atoms with Gasteiger partial charge in [-0.25, -0.2) is 9.97 Å². The first-order valence-electron chi connectivity index (χ1n) is 11.0. The molecule has 2 heterocycles. The van der Waals surface area contributed by atoms with E-state index in [9.17, 15) is 0 Å². The smallest absolute Gasteiger partial charge is 0.151 e. The van der Waals surface area contributed by atoms with Crippen LogP contribution in [0.5, 0.6) is 0 Å². The van der Waals surface area contributed by atoms with Crippen LogP contribution in [0.15, 0.2) is 43.5 Å². The molecule has 0 aliphatic rings. The van der Waals surface area contributed by atoms with Gasteiger partial charge in [-0.2, -0.15) is 0 Å².